The van der Waals surface area contributed by atoms with Gasteiger partial charge < -0.3 is 14.0 Å². The summed E-state index contributed by atoms with van der Waals surface area (Å²) in [5, 5.41) is 9.48. The molecule has 0 spiro atoms. The second-order valence-electron chi connectivity index (χ2n) is 7.67. The number of hydrogen-bond donors (Lipinski definition) is 0. The van der Waals surface area contributed by atoms with E-state index in [-0.39, 0.29) is 12.2 Å². The molecular formula is C23H21ClN4O3. The van der Waals surface area contributed by atoms with Crippen LogP contribution in [-0.2, 0) is 17.9 Å². The molecule has 1 atom stereocenters. The number of rotatable bonds is 5. The molecule has 0 saturated carbocycles. The van der Waals surface area contributed by atoms with Crippen molar-refractivity contribution in [1.29, 1.82) is 0 Å². The van der Waals surface area contributed by atoms with Crippen LogP contribution in [0.5, 0.6) is 5.75 Å². The fourth-order valence-electron chi connectivity index (χ4n) is 3.51. The Hall–Kier alpha value is -3.16. The maximum atomic E-state index is 6.01. The van der Waals surface area contributed by atoms with E-state index in [1.807, 2.05) is 73.1 Å². The van der Waals surface area contributed by atoms with Gasteiger partial charge in [-0.2, -0.15) is 10.1 Å². The minimum Gasteiger partial charge on any atom is -0.491 e. The van der Waals surface area contributed by atoms with Crippen molar-refractivity contribution in [1.82, 2.24) is 19.9 Å². The van der Waals surface area contributed by atoms with Gasteiger partial charge >= 0.3 is 0 Å². The van der Waals surface area contributed by atoms with Gasteiger partial charge in [-0.05, 0) is 61.9 Å². The van der Waals surface area contributed by atoms with Crippen LogP contribution in [0, 0.1) is 0 Å². The van der Waals surface area contributed by atoms with E-state index in [0.29, 0.717) is 35.6 Å². The standard InChI is InChI=1S/C23H21ClN4O3/c1-14(2)30-19-9-5-16(6-10-19)22-25-23(31-27-22)20-11-18-13-29-21(12-28(18)26-20)15-3-7-17(24)8-4-15/h3-11,14,21H,12-13H2,1-2H3/t21-/m0/s1. The highest BCUT2D eigenvalue weighted by Crippen LogP contribution is 2.30. The first-order valence-corrected chi connectivity index (χ1v) is 10.5. The van der Waals surface area contributed by atoms with Crippen LogP contribution in [0.1, 0.15) is 31.2 Å². The predicted octanol–water partition coefficient (Wildman–Crippen LogP) is 5.31. The monoisotopic (exact) mass is 436 g/mol. The van der Waals surface area contributed by atoms with Crippen molar-refractivity contribution >= 4 is 11.6 Å². The van der Waals surface area contributed by atoms with Crippen molar-refractivity contribution in [2.45, 2.75) is 39.2 Å². The Labute approximate surface area is 184 Å². The molecule has 5 rings (SSSR count). The normalized spacial score (nSPS) is 15.8. The summed E-state index contributed by atoms with van der Waals surface area (Å²) in [6.45, 7) is 5.05. The fourth-order valence-corrected chi connectivity index (χ4v) is 3.63. The molecule has 4 aromatic rings. The highest BCUT2D eigenvalue weighted by Gasteiger charge is 2.24. The number of aromatic nitrogens is 4. The van der Waals surface area contributed by atoms with Crippen LogP contribution in [0.25, 0.3) is 23.0 Å². The van der Waals surface area contributed by atoms with Crippen LogP contribution >= 0.6 is 11.6 Å². The molecule has 1 aliphatic heterocycles. The van der Waals surface area contributed by atoms with E-state index in [2.05, 4.69) is 15.2 Å². The number of ether oxygens (including phenoxy) is 2. The van der Waals surface area contributed by atoms with E-state index >= 15 is 0 Å². The van der Waals surface area contributed by atoms with Crippen molar-refractivity contribution in [3.63, 3.8) is 0 Å². The Kier molecular flexibility index (Phi) is 5.21. The van der Waals surface area contributed by atoms with E-state index in [1.54, 1.807) is 0 Å². The molecule has 0 unspecified atom stereocenters. The van der Waals surface area contributed by atoms with Crippen molar-refractivity contribution in [3.8, 4) is 28.7 Å². The predicted molar refractivity (Wildman–Crippen MR) is 116 cm³/mol. The fraction of sp³-hybridized carbons (Fsp3) is 0.261. The summed E-state index contributed by atoms with van der Waals surface area (Å²) in [6.07, 6.45) is 0.0418. The third-order valence-corrected chi connectivity index (χ3v) is 5.26. The van der Waals surface area contributed by atoms with Gasteiger partial charge in [0.25, 0.3) is 5.89 Å². The van der Waals surface area contributed by atoms with Crippen molar-refractivity contribution in [2.75, 3.05) is 0 Å². The zero-order valence-corrected chi connectivity index (χ0v) is 17.9. The molecule has 2 aromatic carbocycles. The average molecular weight is 437 g/mol. The van der Waals surface area contributed by atoms with Gasteiger partial charge in [-0.1, -0.05) is 28.9 Å². The summed E-state index contributed by atoms with van der Waals surface area (Å²) in [7, 11) is 0. The van der Waals surface area contributed by atoms with Crippen LogP contribution in [0.4, 0.5) is 0 Å². The summed E-state index contributed by atoms with van der Waals surface area (Å²) >= 11 is 5.99. The number of halogens is 1. The Morgan fingerprint density at radius 1 is 1.10 bits per heavy atom. The zero-order valence-electron chi connectivity index (χ0n) is 17.2. The van der Waals surface area contributed by atoms with Crippen LogP contribution < -0.4 is 4.74 Å². The van der Waals surface area contributed by atoms with Crippen LogP contribution in [-0.4, -0.2) is 26.0 Å². The van der Waals surface area contributed by atoms with E-state index in [1.165, 1.54) is 0 Å². The number of fused-ring (bicyclic) bond motifs is 1. The third-order valence-electron chi connectivity index (χ3n) is 5.01. The van der Waals surface area contributed by atoms with Gasteiger partial charge in [-0.15, -0.1) is 0 Å². The van der Waals surface area contributed by atoms with Crippen molar-refractivity contribution < 1.29 is 14.0 Å². The minimum absolute atomic E-state index is 0.0812. The minimum atomic E-state index is -0.0812. The molecule has 0 N–H and O–H groups in total. The Morgan fingerprint density at radius 2 is 1.87 bits per heavy atom. The lowest BCUT2D eigenvalue weighted by atomic mass is 10.1. The molecule has 7 nitrogen and oxygen atoms in total. The first-order valence-electron chi connectivity index (χ1n) is 10.1. The smallest absolute Gasteiger partial charge is 0.278 e. The summed E-state index contributed by atoms with van der Waals surface area (Å²) in [5.74, 6) is 1.69. The van der Waals surface area contributed by atoms with Gasteiger partial charge in [0.2, 0.25) is 5.82 Å². The topological polar surface area (TPSA) is 75.2 Å². The Balaban J connectivity index is 1.34. The van der Waals surface area contributed by atoms with Crippen LogP contribution in [0.3, 0.4) is 0 Å². The average Bonchev–Trinajstić information content (AvgIpc) is 3.41. The lowest BCUT2D eigenvalue weighted by Crippen LogP contribution is -2.21. The Bertz CT molecular complexity index is 1180. The van der Waals surface area contributed by atoms with Gasteiger partial charge in [-0.25, -0.2) is 0 Å². The molecule has 31 heavy (non-hydrogen) atoms. The highest BCUT2D eigenvalue weighted by molar-refractivity contribution is 6.30. The summed E-state index contributed by atoms with van der Waals surface area (Å²) in [5.41, 5.74) is 3.52. The molecule has 8 heteroatoms. The van der Waals surface area contributed by atoms with E-state index < -0.39 is 0 Å². The number of hydrogen-bond acceptors (Lipinski definition) is 6. The first-order chi connectivity index (χ1) is 15.0. The van der Waals surface area contributed by atoms with Gasteiger partial charge in [-0.3, -0.25) is 4.68 Å². The second-order valence-corrected chi connectivity index (χ2v) is 8.10. The maximum absolute atomic E-state index is 6.01. The molecule has 158 valence electrons. The summed E-state index contributed by atoms with van der Waals surface area (Å²) in [4.78, 5) is 4.52. The SMILES string of the molecule is CC(C)Oc1ccc(-c2noc(-c3cc4n(n3)C[C@@H](c3ccc(Cl)cc3)OC4)n2)cc1. The maximum Gasteiger partial charge on any atom is 0.278 e. The van der Waals surface area contributed by atoms with E-state index in [9.17, 15) is 0 Å². The molecule has 0 fully saturated rings. The molecule has 3 heterocycles. The summed E-state index contributed by atoms with van der Waals surface area (Å²) < 4.78 is 19.1. The van der Waals surface area contributed by atoms with Crippen molar-refractivity contribution in [2.24, 2.45) is 0 Å². The molecule has 1 aliphatic rings. The van der Waals surface area contributed by atoms with Gasteiger partial charge in [0, 0.05) is 10.6 Å². The first kappa shape index (κ1) is 19.8. The lowest BCUT2D eigenvalue weighted by Gasteiger charge is -2.24. The molecule has 2 aromatic heterocycles. The van der Waals surface area contributed by atoms with Gasteiger partial charge in [0.15, 0.2) is 5.69 Å². The molecule has 0 radical (unpaired) electrons. The van der Waals surface area contributed by atoms with E-state index in [0.717, 1.165) is 22.6 Å². The second kappa shape index (κ2) is 8.17. The highest BCUT2D eigenvalue weighted by atomic mass is 35.5. The van der Waals surface area contributed by atoms with E-state index in [4.69, 9.17) is 25.6 Å². The lowest BCUT2D eigenvalue weighted by molar-refractivity contribution is -0.00112. The Morgan fingerprint density at radius 3 is 2.61 bits per heavy atom. The number of nitrogens with zero attached hydrogens (tertiary/aromatic N) is 4. The molecule has 0 aliphatic carbocycles. The quantitative estimate of drug-likeness (QED) is 0.422. The van der Waals surface area contributed by atoms with Gasteiger partial charge in [0.05, 0.1) is 24.9 Å². The van der Waals surface area contributed by atoms with Gasteiger partial charge in [0.1, 0.15) is 11.9 Å². The molecular weight excluding hydrogens is 416 g/mol. The molecule has 0 saturated heterocycles. The van der Waals surface area contributed by atoms with Crippen LogP contribution in [0.2, 0.25) is 5.02 Å². The molecule has 0 amide bonds. The zero-order chi connectivity index (χ0) is 21.4. The summed E-state index contributed by atoms with van der Waals surface area (Å²) in [6, 6.07) is 17.2. The van der Waals surface area contributed by atoms with Crippen LogP contribution in [0.15, 0.2) is 59.1 Å². The number of benzene rings is 2. The third kappa shape index (κ3) is 4.19. The largest absolute Gasteiger partial charge is 0.491 e. The van der Waals surface area contributed by atoms with Crippen molar-refractivity contribution in [3.05, 3.63) is 70.9 Å². The molecule has 0 bridgehead atoms.